The van der Waals surface area contributed by atoms with Crippen molar-refractivity contribution in [1.29, 1.82) is 0 Å². The van der Waals surface area contributed by atoms with Gasteiger partial charge in [-0.25, -0.2) is 4.79 Å². The number of rotatable bonds is 6. The van der Waals surface area contributed by atoms with Crippen LogP contribution in [0.25, 0.3) is 0 Å². The van der Waals surface area contributed by atoms with Crippen LogP contribution in [0.4, 0.5) is 0 Å². The van der Waals surface area contributed by atoms with Crippen molar-refractivity contribution in [2.75, 3.05) is 21.3 Å². The van der Waals surface area contributed by atoms with E-state index in [9.17, 15) is 14.4 Å². The Kier molecular flexibility index (Phi) is 5.05. The summed E-state index contributed by atoms with van der Waals surface area (Å²) in [5, 5.41) is 0. The molecule has 0 aliphatic heterocycles. The number of methoxy groups -OCH3 is 3. The summed E-state index contributed by atoms with van der Waals surface area (Å²) in [7, 11) is 3.98. The second-order valence-corrected chi connectivity index (χ2v) is 3.62. The van der Waals surface area contributed by atoms with Gasteiger partial charge in [0.1, 0.15) is 11.5 Å². The Balaban J connectivity index is 2.93. The fraction of sp³-hybridized carbons (Fsp3) is 0.308. The highest BCUT2D eigenvalue weighted by atomic mass is 16.5. The van der Waals surface area contributed by atoms with Gasteiger partial charge in [0.15, 0.2) is 5.78 Å². The highest BCUT2D eigenvalue weighted by molar-refractivity contribution is 6.38. The number of hydrogen-bond acceptors (Lipinski definition) is 6. The van der Waals surface area contributed by atoms with Gasteiger partial charge in [-0.1, -0.05) is 0 Å². The fourth-order valence-electron chi connectivity index (χ4n) is 1.40. The molecule has 0 aromatic heterocycles. The first-order valence-electron chi connectivity index (χ1n) is 5.39. The maximum atomic E-state index is 11.9. The molecule has 0 fully saturated rings. The summed E-state index contributed by atoms with van der Waals surface area (Å²) in [5.74, 6) is -1.59. The van der Waals surface area contributed by atoms with E-state index in [4.69, 9.17) is 9.47 Å². The molecule has 1 aromatic rings. The SMILES string of the molecule is COC(=O)C(=O)CC(=O)c1cc(OC)cc(OC)c1. The summed E-state index contributed by atoms with van der Waals surface area (Å²) in [5.41, 5.74) is 0.230. The van der Waals surface area contributed by atoms with Crippen LogP contribution in [0.1, 0.15) is 16.8 Å². The molecular weight excluding hydrogens is 252 g/mol. The lowest BCUT2D eigenvalue weighted by Crippen LogP contribution is -2.19. The fourth-order valence-corrected chi connectivity index (χ4v) is 1.40. The molecule has 0 radical (unpaired) electrons. The van der Waals surface area contributed by atoms with Gasteiger partial charge in [-0.05, 0) is 12.1 Å². The van der Waals surface area contributed by atoms with Crippen LogP contribution in [-0.2, 0) is 14.3 Å². The molecule has 0 aliphatic rings. The van der Waals surface area contributed by atoms with Crippen LogP contribution in [0.15, 0.2) is 18.2 Å². The number of benzene rings is 1. The van der Waals surface area contributed by atoms with Crippen LogP contribution >= 0.6 is 0 Å². The van der Waals surface area contributed by atoms with Crippen LogP contribution in [0.5, 0.6) is 11.5 Å². The van der Waals surface area contributed by atoms with Crippen molar-refractivity contribution in [2.45, 2.75) is 6.42 Å². The van der Waals surface area contributed by atoms with Crippen LogP contribution in [-0.4, -0.2) is 38.9 Å². The van der Waals surface area contributed by atoms with Crippen molar-refractivity contribution in [2.24, 2.45) is 0 Å². The second-order valence-electron chi connectivity index (χ2n) is 3.62. The van der Waals surface area contributed by atoms with Crippen LogP contribution in [0.3, 0.4) is 0 Å². The third-order valence-corrected chi connectivity index (χ3v) is 2.41. The van der Waals surface area contributed by atoms with E-state index in [-0.39, 0.29) is 5.56 Å². The molecule has 6 nitrogen and oxygen atoms in total. The Morgan fingerprint density at radius 3 is 1.89 bits per heavy atom. The number of ether oxygens (including phenoxy) is 3. The predicted octanol–water partition coefficient (Wildman–Crippen LogP) is 1.02. The molecule has 0 spiro atoms. The van der Waals surface area contributed by atoms with Crippen molar-refractivity contribution in [1.82, 2.24) is 0 Å². The van der Waals surface area contributed by atoms with Gasteiger partial charge in [0, 0.05) is 11.6 Å². The van der Waals surface area contributed by atoms with Crippen molar-refractivity contribution >= 4 is 17.5 Å². The summed E-state index contributed by atoms with van der Waals surface area (Å²) in [6, 6.07) is 4.53. The maximum absolute atomic E-state index is 11.9. The van der Waals surface area contributed by atoms with Gasteiger partial charge in [-0.2, -0.15) is 0 Å². The number of Topliss-reactive ketones (excluding diaryl/α,β-unsaturated/α-hetero) is 2. The Labute approximate surface area is 110 Å². The molecule has 1 aromatic carbocycles. The van der Waals surface area contributed by atoms with E-state index in [1.54, 1.807) is 6.07 Å². The predicted molar refractivity (Wildman–Crippen MR) is 65.5 cm³/mol. The minimum absolute atomic E-state index is 0.230. The molecule has 1 rings (SSSR count). The number of esters is 1. The number of hydrogen-bond donors (Lipinski definition) is 0. The zero-order chi connectivity index (χ0) is 14.4. The topological polar surface area (TPSA) is 78.9 Å². The van der Waals surface area contributed by atoms with E-state index in [1.165, 1.54) is 26.4 Å². The Morgan fingerprint density at radius 1 is 0.947 bits per heavy atom. The highest BCUT2D eigenvalue weighted by Gasteiger charge is 2.20. The zero-order valence-electron chi connectivity index (χ0n) is 10.9. The van der Waals surface area contributed by atoms with Crippen molar-refractivity contribution < 1.29 is 28.6 Å². The smallest absolute Gasteiger partial charge is 0.374 e. The first kappa shape index (κ1) is 14.7. The quantitative estimate of drug-likeness (QED) is 0.331. The van der Waals surface area contributed by atoms with Crippen molar-refractivity contribution in [3.05, 3.63) is 23.8 Å². The first-order valence-corrected chi connectivity index (χ1v) is 5.39. The monoisotopic (exact) mass is 266 g/mol. The average molecular weight is 266 g/mol. The molecule has 0 amide bonds. The number of carbonyl (C=O) groups excluding carboxylic acids is 3. The van der Waals surface area contributed by atoms with Gasteiger partial charge in [0.25, 0.3) is 0 Å². The number of ketones is 2. The molecular formula is C13H14O6. The molecule has 0 unspecified atom stereocenters. The zero-order valence-corrected chi connectivity index (χ0v) is 10.9. The Bertz CT molecular complexity index is 484. The molecule has 0 heterocycles. The molecule has 0 saturated carbocycles. The van der Waals surface area contributed by atoms with Crippen molar-refractivity contribution in [3.8, 4) is 11.5 Å². The molecule has 102 valence electrons. The van der Waals surface area contributed by atoms with Gasteiger partial charge in [-0.15, -0.1) is 0 Å². The van der Waals surface area contributed by atoms with Gasteiger partial charge < -0.3 is 14.2 Å². The summed E-state index contributed by atoms with van der Waals surface area (Å²) >= 11 is 0. The van der Waals surface area contributed by atoms with E-state index < -0.39 is 24.0 Å². The highest BCUT2D eigenvalue weighted by Crippen LogP contribution is 2.23. The Morgan fingerprint density at radius 2 is 1.47 bits per heavy atom. The summed E-state index contributed by atoms with van der Waals surface area (Å²) in [4.78, 5) is 34.1. The largest absolute Gasteiger partial charge is 0.497 e. The van der Waals surface area contributed by atoms with Crippen LogP contribution in [0, 0.1) is 0 Å². The third-order valence-electron chi connectivity index (χ3n) is 2.41. The van der Waals surface area contributed by atoms with Gasteiger partial charge >= 0.3 is 5.97 Å². The van der Waals surface area contributed by atoms with Gasteiger partial charge in [-0.3, -0.25) is 9.59 Å². The minimum atomic E-state index is -1.04. The van der Waals surface area contributed by atoms with Gasteiger partial charge in [0.2, 0.25) is 5.78 Å². The average Bonchev–Trinajstić information content (AvgIpc) is 2.45. The standard InChI is InChI=1S/C13H14O6/c1-17-9-4-8(5-10(6-9)18-2)11(14)7-12(15)13(16)19-3/h4-6H,7H2,1-3H3. The molecule has 0 N–H and O–H groups in total. The van der Waals surface area contributed by atoms with Crippen LogP contribution in [0.2, 0.25) is 0 Å². The Hall–Kier alpha value is -2.37. The molecule has 0 atom stereocenters. The van der Waals surface area contributed by atoms with Gasteiger partial charge in [0.05, 0.1) is 27.8 Å². The lowest BCUT2D eigenvalue weighted by molar-refractivity contribution is -0.151. The molecule has 19 heavy (non-hydrogen) atoms. The lowest BCUT2D eigenvalue weighted by atomic mass is 10.1. The van der Waals surface area contributed by atoms with E-state index in [2.05, 4.69) is 4.74 Å². The lowest BCUT2D eigenvalue weighted by Gasteiger charge is -2.07. The molecule has 6 heteroatoms. The summed E-state index contributed by atoms with van der Waals surface area (Å²) < 4.78 is 14.3. The first-order chi connectivity index (χ1) is 9.01. The maximum Gasteiger partial charge on any atom is 0.374 e. The number of carbonyl (C=O) groups is 3. The molecule has 0 aliphatic carbocycles. The van der Waals surface area contributed by atoms with E-state index >= 15 is 0 Å². The summed E-state index contributed by atoms with van der Waals surface area (Å²) in [6.45, 7) is 0. The molecule has 0 saturated heterocycles. The second kappa shape index (κ2) is 6.53. The summed E-state index contributed by atoms with van der Waals surface area (Å²) in [6.07, 6.45) is -0.553. The van der Waals surface area contributed by atoms with E-state index in [1.807, 2.05) is 0 Å². The van der Waals surface area contributed by atoms with Crippen molar-refractivity contribution in [3.63, 3.8) is 0 Å². The molecule has 0 bridgehead atoms. The van der Waals surface area contributed by atoms with E-state index in [0.29, 0.717) is 11.5 Å². The third kappa shape index (κ3) is 3.80. The minimum Gasteiger partial charge on any atom is -0.497 e. The van der Waals surface area contributed by atoms with Crippen LogP contribution < -0.4 is 9.47 Å². The normalized spacial score (nSPS) is 9.63. The van der Waals surface area contributed by atoms with E-state index in [0.717, 1.165) is 7.11 Å².